The van der Waals surface area contributed by atoms with Crippen molar-refractivity contribution in [3.8, 4) is 0 Å². The minimum atomic E-state index is 0.624. The molecule has 0 spiro atoms. The predicted octanol–water partition coefficient (Wildman–Crippen LogP) is 3.10. The van der Waals surface area contributed by atoms with Crippen molar-refractivity contribution in [3.63, 3.8) is 0 Å². The van der Waals surface area contributed by atoms with Crippen molar-refractivity contribution in [1.82, 2.24) is 9.88 Å². The molecule has 4 nitrogen and oxygen atoms in total. The Morgan fingerprint density at radius 3 is 2.89 bits per heavy atom. The average Bonchev–Trinajstić information content (AvgIpc) is 2.96. The average molecular weight is 273 g/mol. The van der Waals surface area contributed by atoms with Crippen LogP contribution in [0.5, 0.6) is 0 Å². The Morgan fingerprint density at radius 2 is 2.11 bits per heavy atom. The Balaban J connectivity index is 1.73. The highest BCUT2D eigenvalue weighted by Gasteiger charge is 2.06. The Bertz CT molecular complexity index is 675. The van der Waals surface area contributed by atoms with Gasteiger partial charge in [-0.1, -0.05) is 17.4 Å². The van der Waals surface area contributed by atoms with Gasteiger partial charge in [-0.3, -0.25) is 4.90 Å². The molecule has 2 aromatic heterocycles. The molecule has 1 aromatic carbocycles. The van der Waals surface area contributed by atoms with Crippen LogP contribution in [0.25, 0.3) is 10.2 Å². The third-order valence-electron chi connectivity index (χ3n) is 2.95. The summed E-state index contributed by atoms with van der Waals surface area (Å²) in [6.45, 7) is 1.76. The first-order valence-electron chi connectivity index (χ1n) is 6.05. The van der Waals surface area contributed by atoms with Gasteiger partial charge in [0.1, 0.15) is 0 Å². The van der Waals surface area contributed by atoms with Crippen LogP contribution in [-0.4, -0.2) is 16.9 Å². The van der Waals surface area contributed by atoms with E-state index in [0.717, 1.165) is 23.3 Å². The van der Waals surface area contributed by atoms with Gasteiger partial charge in [0.05, 0.1) is 22.7 Å². The molecule has 2 heterocycles. The lowest BCUT2D eigenvalue weighted by Crippen LogP contribution is -2.16. The molecule has 98 valence electrons. The summed E-state index contributed by atoms with van der Waals surface area (Å²) in [5.74, 6) is 0. The van der Waals surface area contributed by atoms with E-state index in [2.05, 4.69) is 29.1 Å². The number of fused-ring (bicyclic) bond motifs is 1. The van der Waals surface area contributed by atoms with Crippen molar-refractivity contribution in [3.05, 3.63) is 47.9 Å². The van der Waals surface area contributed by atoms with E-state index >= 15 is 0 Å². The summed E-state index contributed by atoms with van der Waals surface area (Å²) in [5, 5.41) is 0.624. The molecule has 0 aliphatic carbocycles. The number of benzene rings is 1. The lowest BCUT2D eigenvalue weighted by atomic mass is 10.2. The number of anilines is 1. The molecule has 0 amide bonds. The predicted molar refractivity (Wildman–Crippen MR) is 77.9 cm³/mol. The topological polar surface area (TPSA) is 55.3 Å². The summed E-state index contributed by atoms with van der Waals surface area (Å²) >= 11 is 1.53. The zero-order valence-electron chi connectivity index (χ0n) is 10.7. The van der Waals surface area contributed by atoms with Gasteiger partial charge in [-0.2, -0.15) is 0 Å². The minimum absolute atomic E-state index is 0.624. The maximum Gasteiger partial charge on any atom is 0.181 e. The highest BCUT2D eigenvalue weighted by atomic mass is 32.1. The number of nitrogen functional groups attached to an aromatic ring is 1. The van der Waals surface area contributed by atoms with Gasteiger partial charge >= 0.3 is 0 Å². The van der Waals surface area contributed by atoms with Crippen LogP contribution in [0.3, 0.4) is 0 Å². The number of furan rings is 1. The molecule has 0 radical (unpaired) electrons. The van der Waals surface area contributed by atoms with Crippen LogP contribution in [0.15, 0.2) is 41.2 Å². The Kier molecular flexibility index (Phi) is 3.23. The van der Waals surface area contributed by atoms with Gasteiger partial charge in [-0.05, 0) is 30.8 Å². The quantitative estimate of drug-likeness (QED) is 0.793. The molecule has 0 bridgehead atoms. The molecule has 2 N–H and O–H groups in total. The summed E-state index contributed by atoms with van der Waals surface area (Å²) in [6, 6.07) is 8.29. The van der Waals surface area contributed by atoms with Crippen molar-refractivity contribution in [2.45, 2.75) is 13.1 Å². The van der Waals surface area contributed by atoms with Crippen LogP contribution in [0, 0.1) is 0 Å². The molecule has 0 fully saturated rings. The third kappa shape index (κ3) is 2.77. The zero-order valence-corrected chi connectivity index (χ0v) is 11.5. The van der Waals surface area contributed by atoms with E-state index in [4.69, 9.17) is 10.2 Å². The van der Waals surface area contributed by atoms with Crippen LogP contribution >= 0.6 is 11.3 Å². The molecule has 0 atom stereocenters. The highest BCUT2D eigenvalue weighted by Crippen LogP contribution is 2.25. The molecule has 0 unspecified atom stereocenters. The Hall–Kier alpha value is -1.85. The fourth-order valence-corrected chi connectivity index (χ4v) is 2.94. The van der Waals surface area contributed by atoms with Gasteiger partial charge < -0.3 is 10.2 Å². The van der Waals surface area contributed by atoms with Crippen molar-refractivity contribution < 1.29 is 4.42 Å². The molecule has 0 saturated carbocycles. The molecular weight excluding hydrogens is 258 g/mol. The summed E-state index contributed by atoms with van der Waals surface area (Å²) in [5.41, 5.74) is 9.15. The first kappa shape index (κ1) is 12.2. The largest absolute Gasteiger partial charge is 0.472 e. The molecule has 5 heteroatoms. The maximum absolute atomic E-state index is 5.72. The number of rotatable bonds is 4. The standard InChI is InChI=1S/C14H15N3OS/c1-17(8-11-4-5-18-9-11)7-10-2-3-12-13(6-10)19-14(15)16-12/h2-6,9H,7-8H2,1H3,(H2,15,16). The SMILES string of the molecule is CN(Cc1ccoc1)Cc1ccc2nc(N)sc2c1. The van der Waals surface area contributed by atoms with Crippen LogP contribution in [0.1, 0.15) is 11.1 Å². The van der Waals surface area contributed by atoms with E-state index in [1.54, 1.807) is 12.5 Å². The number of thiazole rings is 1. The number of hydrogen-bond acceptors (Lipinski definition) is 5. The lowest BCUT2D eigenvalue weighted by Gasteiger charge is -2.15. The molecule has 0 saturated heterocycles. The molecule has 0 aliphatic heterocycles. The van der Waals surface area contributed by atoms with Crippen molar-refractivity contribution >= 4 is 26.7 Å². The van der Waals surface area contributed by atoms with E-state index in [9.17, 15) is 0 Å². The second-order valence-corrected chi connectivity index (χ2v) is 5.72. The summed E-state index contributed by atoms with van der Waals surface area (Å²) < 4.78 is 6.22. The molecule has 19 heavy (non-hydrogen) atoms. The second-order valence-electron chi connectivity index (χ2n) is 4.66. The maximum atomic E-state index is 5.72. The van der Waals surface area contributed by atoms with E-state index in [-0.39, 0.29) is 0 Å². The zero-order chi connectivity index (χ0) is 13.2. The van der Waals surface area contributed by atoms with Gasteiger partial charge in [0.25, 0.3) is 0 Å². The number of hydrogen-bond donors (Lipinski definition) is 1. The third-order valence-corrected chi connectivity index (χ3v) is 3.80. The Morgan fingerprint density at radius 1 is 1.26 bits per heavy atom. The first-order valence-corrected chi connectivity index (χ1v) is 6.87. The molecule has 3 rings (SSSR count). The van der Waals surface area contributed by atoms with Crippen LogP contribution in [0.2, 0.25) is 0 Å². The monoisotopic (exact) mass is 273 g/mol. The molecular formula is C14H15N3OS. The normalized spacial score (nSPS) is 11.5. The number of nitrogens with two attached hydrogens (primary N) is 1. The smallest absolute Gasteiger partial charge is 0.181 e. The molecule has 3 aromatic rings. The fourth-order valence-electron chi connectivity index (χ4n) is 2.15. The van der Waals surface area contributed by atoms with E-state index in [1.807, 2.05) is 12.1 Å². The Labute approximate surface area is 115 Å². The van der Waals surface area contributed by atoms with E-state index < -0.39 is 0 Å². The van der Waals surface area contributed by atoms with Gasteiger partial charge in [-0.15, -0.1) is 0 Å². The van der Waals surface area contributed by atoms with Crippen LogP contribution in [0.4, 0.5) is 5.13 Å². The number of aromatic nitrogens is 1. The summed E-state index contributed by atoms with van der Waals surface area (Å²) in [7, 11) is 2.10. The van der Waals surface area contributed by atoms with Gasteiger partial charge in [0.2, 0.25) is 0 Å². The highest BCUT2D eigenvalue weighted by molar-refractivity contribution is 7.22. The van der Waals surface area contributed by atoms with Crippen LogP contribution < -0.4 is 5.73 Å². The first-order chi connectivity index (χ1) is 9.20. The fraction of sp³-hybridized carbons (Fsp3) is 0.214. The van der Waals surface area contributed by atoms with Gasteiger partial charge in [0, 0.05) is 18.7 Å². The van der Waals surface area contributed by atoms with E-state index in [1.165, 1.54) is 22.5 Å². The van der Waals surface area contributed by atoms with Crippen molar-refractivity contribution in [2.75, 3.05) is 12.8 Å². The van der Waals surface area contributed by atoms with Crippen LogP contribution in [-0.2, 0) is 13.1 Å². The van der Waals surface area contributed by atoms with Crippen molar-refractivity contribution in [1.29, 1.82) is 0 Å². The van der Waals surface area contributed by atoms with E-state index in [0.29, 0.717) is 5.13 Å². The lowest BCUT2D eigenvalue weighted by molar-refractivity contribution is 0.318. The number of nitrogens with zero attached hydrogens (tertiary/aromatic N) is 2. The van der Waals surface area contributed by atoms with Crippen molar-refractivity contribution in [2.24, 2.45) is 0 Å². The summed E-state index contributed by atoms with van der Waals surface area (Å²) in [6.07, 6.45) is 3.49. The van der Waals surface area contributed by atoms with Gasteiger partial charge in [0.15, 0.2) is 5.13 Å². The summed E-state index contributed by atoms with van der Waals surface area (Å²) in [4.78, 5) is 6.51. The minimum Gasteiger partial charge on any atom is -0.472 e. The van der Waals surface area contributed by atoms with Gasteiger partial charge in [-0.25, -0.2) is 4.98 Å². The molecule has 0 aliphatic rings. The second kappa shape index (κ2) is 5.03.